The van der Waals surface area contributed by atoms with Gasteiger partial charge in [0.05, 0.1) is 0 Å². The molecule has 2 rings (SSSR count). The molecule has 1 N–H and O–H groups in total. The van der Waals surface area contributed by atoms with Crippen molar-refractivity contribution in [2.45, 2.75) is 19.4 Å². The van der Waals surface area contributed by atoms with Gasteiger partial charge in [0.1, 0.15) is 30.8 Å². The van der Waals surface area contributed by atoms with Crippen LogP contribution < -0.4 is 14.8 Å². The molecule has 6 nitrogen and oxygen atoms in total. The normalized spacial score (nSPS) is 11.4. The van der Waals surface area contributed by atoms with Crippen molar-refractivity contribution in [3.8, 4) is 11.5 Å². The largest absolute Gasteiger partial charge is 0.490 e. The highest BCUT2D eigenvalue weighted by Gasteiger charge is 2.22. The molecule has 0 saturated carbocycles. The van der Waals surface area contributed by atoms with Crippen LogP contribution in [0.5, 0.6) is 11.5 Å². The molecule has 7 heteroatoms. The van der Waals surface area contributed by atoms with E-state index in [2.05, 4.69) is 5.32 Å². The zero-order valence-electron chi connectivity index (χ0n) is 16.8. The number of benzene rings is 2. The minimum atomic E-state index is -0.714. The highest BCUT2D eigenvalue weighted by Crippen LogP contribution is 2.11. The second-order valence-electron chi connectivity index (χ2n) is 6.33. The number of amides is 1. The monoisotopic (exact) mass is 417 g/mol. The van der Waals surface area contributed by atoms with Crippen LogP contribution in [0.2, 0.25) is 0 Å². The molecule has 0 heterocycles. The Bertz CT molecular complexity index is 752. The second-order valence-corrected chi connectivity index (χ2v) is 7.32. The summed E-state index contributed by atoms with van der Waals surface area (Å²) >= 11 is 1.60. The van der Waals surface area contributed by atoms with E-state index in [4.69, 9.17) is 14.2 Å². The van der Waals surface area contributed by atoms with E-state index in [-0.39, 0.29) is 25.7 Å². The van der Waals surface area contributed by atoms with E-state index in [1.165, 1.54) is 0 Å². The third-order valence-corrected chi connectivity index (χ3v) is 4.60. The number of ether oxygens (including phenoxy) is 3. The van der Waals surface area contributed by atoms with Gasteiger partial charge in [-0.3, -0.25) is 4.79 Å². The molecule has 0 aliphatic carbocycles. The fraction of sp³-hybridized carbons (Fsp3) is 0.364. The Labute approximate surface area is 175 Å². The zero-order chi connectivity index (χ0) is 20.9. The molecule has 1 amide bonds. The Balaban J connectivity index is 1.75. The molecule has 0 radical (unpaired) electrons. The Kier molecular flexibility index (Phi) is 9.92. The van der Waals surface area contributed by atoms with Gasteiger partial charge >= 0.3 is 5.97 Å². The lowest BCUT2D eigenvalue weighted by molar-refractivity contribution is -0.148. The van der Waals surface area contributed by atoms with Gasteiger partial charge in [-0.05, 0) is 49.6 Å². The number of carbonyl (C=O) groups excluding carboxylic acids is 2. The highest BCUT2D eigenvalue weighted by molar-refractivity contribution is 7.98. The summed E-state index contributed by atoms with van der Waals surface area (Å²) in [5.74, 6) is 1.20. The van der Waals surface area contributed by atoms with Crippen LogP contribution in [0.15, 0.2) is 54.6 Å². The number of hydrogen-bond donors (Lipinski definition) is 1. The maximum Gasteiger partial charge on any atom is 0.328 e. The number of hydrogen-bond acceptors (Lipinski definition) is 6. The maximum absolute atomic E-state index is 12.4. The maximum atomic E-state index is 12.4. The average Bonchev–Trinajstić information content (AvgIpc) is 2.74. The first-order valence-electron chi connectivity index (χ1n) is 9.40. The van der Waals surface area contributed by atoms with Crippen molar-refractivity contribution in [3.63, 3.8) is 0 Å². The number of nitrogens with one attached hydrogen (secondary N) is 1. The van der Waals surface area contributed by atoms with Crippen LogP contribution in [0, 0.1) is 6.92 Å². The predicted molar refractivity (Wildman–Crippen MR) is 114 cm³/mol. The Morgan fingerprint density at radius 2 is 1.66 bits per heavy atom. The minimum Gasteiger partial charge on any atom is -0.490 e. The first-order valence-corrected chi connectivity index (χ1v) is 10.8. The highest BCUT2D eigenvalue weighted by atomic mass is 32.2. The van der Waals surface area contributed by atoms with E-state index in [0.717, 1.165) is 17.1 Å². The number of carbonyl (C=O) groups is 2. The molecule has 0 fully saturated rings. The molecule has 0 aliphatic rings. The van der Waals surface area contributed by atoms with E-state index in [1.54, 1.807) is 23.9 Å². The first kappa shape index (κ1) is 22.6. The fourth-order valence-electron chi connectivity index (χ4n) is 2.42. The van der Waals surface area contributed by atoms with Crippen LogP contribution in [-0.2, 0) is 14.3 Å². The van der Waals surface area contributed by atoms with E-state index in [9.17, 15) is 9.59 Å². The lowest BCUT2D eigenvalue weighted by Gasteiger charge is -2.17. The molecule has 2 aromatic carbocycles. The van der Waals surface area contributed by atoms with Gasteiger partial charge in [0.15, 0.2) is 6.61 Å². The topological polar surface area (TPSA) is 73.9 Å². The molecule has 0 bridgehead atoms. The van der Waals surface area contributed by atoms with E-state index in [1.807, 2.05) is 55.6 Å². The molecule has 0 unspecified atom stereocenters. The van der Waals surface area contributed by atoms with Crippen molar-refractivity contribution < 1.29 is 23.8 Å². The lowest BCUT2D eigenvalue weighted by Crippen LogP contribution is -2.44. The Hall–Kier alpha value is -2.67. The van der Waals surface area contributed by atoms with Gasteiger partial charge in [-0.2, -0.15) is 11.8 Å². The van der Waals surface area contributed by atoms with Crippen molar-refractivity contribution in [2.24, 2.45) is 0 Å². The molecule has 2 aromatic rings. The van der Waals surface area contributed by atoms with Crippen molar-refractivity contribution in [1.82, 2.24) is 5.32 Å². The summed E-state index contributed by atoms with van der Waals surface area (Å²) in [6, 6.07) is 16.0. The van der Waals surface area contributed by atoms with Crippen molar-refractivity contribution in [1.29, 1.82) is 0 Å². The van der Waals surface area contributed by atoms with Gasteiger partial charge < -0.3 is 19.5 Å². The summed E-state index contributed by atoms with van der Waals surface area (Å²) in [6.07, 6.45) is 2.42. The van der Waals surface area contributed by atoms with E-state index in [0.29, 0.717) is 12.2 Å². The number of esters is 1. The fourth-order valence-corrected chi connectivity index (χ4v) is 2.89. The first-order chi connectivity index (χ1) is 14.1. The van der Waals surface area contributed by atoms with Gasteiger partial charge in [-0.25, -0.2) is 4.79 Å². The summed E-state index contributed by atoms with van der Waals surface area (Å²) in [5.41, 5.74) is 1.15. The Morgan fingerprint density at radius 1 is 0.966 bits per heavy atom. The van der Waals surface area contributed by atoms with Gasteiger partial charge in [-0.15, -0.1) is 0 Å². The molecule has 29 heavy (non-hydrogen) atoms. The van der Waals surface area contributed by atoms with Crippen molar-refractivity contribution in [2.75, 3.05) is 31.8 Å². The number of para-hydroxylation sites is 1. The molecule has 0 aromatic heterocycles. The molecular formula is C22H27NO5S. The summed E-state index contributed by atoms with van der Waals surface area (Å²) in [5, 5.41) is 2.69. The van der Waals surface area contributed by atoms with Crippen LogP contribution in [0.1, 0.15) is 12.0 Å². The number of thioether (sulfide) groups is 1. The van der Waals surface area contributed by atoms with Gasteiger partial charge in [0, 0.05) is 0 Å². The number of aryl methyl sites for hydroxylation is 1. The SMILES string of the molecule is CSCC[C@H](NC(=O)COc1ccccc1)C(=O)OCCOc1ccc(C)cc1. The quantitative estimate of drug-likeness (QED) is 0.422. The zero-order valence-corrected chi connectivity index (χ0v) is 17.6. The van der Waals surface area contributed by atoms with Crippen LogP contribution in [0.3, 0.4) is 0 Å². The van der Waals surface area contributed by atoms with Crippen LogP contribution >= 0.6 is 11.8 Å². The standard InChI is InChI=1S/C22H27NO5S/c1-17-8-10-19(11-9-17)26-13-14-27-22(25)20(12-15-29-2)23-21(24)16-28-18-6-4-3-5-7-18/h3-11,20H,12-16H2,1-2H3,(H,23,24)/t20-/m0/s1. The van der Waals surface area contributed by atoms with Gasteiger partial charge in [0.2, 0.25) is 0 Å². The number of rotatable bonds is 12. The minimum absolute atomic E-state index is 0.110. The third kappa shape index (κ3) is 8.91. The lowest BCUT2D eigenvalue weighted by atomic mass is 10.2. The summed E-state index contributed by atoms with van der Waals surface area (Å²) in [4.78, 5) is 24.5. The third-order valence-electron chi connectivity index (χ3n) is 3.96. The molecule has 0 saturated heterocycles. The van der Waals surface area contributed by atoms with Crippen LogP contribution in [-0.4, -0.2) is 49.7 Å². The molecule has 156 valence electrons. The van der Waals surface area contributed by atoms with E-state index >= 15 is 0 Å². The summed E-state index contributed by atoms with van der Waals surface area (Å²) in [7, 11) is 0. The average molecular weight is 418 g/mol. The predicted octanol–water partition coefficient (Wildman–Crippen LogP) is 3.23. The van der Waals surface area contributed by atoms with Crippen LogP contribution in [0.25, 0.3) is 0 Å². The summed E-state index contributed by atoms with van der Waals surface area (Å²) in [6.45, 7) is 2.19. The molecule has 0 aliphatic heterocycles. The van der Waals surface area contributed by atoms with Crippen molar-refractivity contribution in [3.05, 3.63) is 60.2 Å². The van der Waals surface area contributed by atoms with E-state index < -0.39 is 12.0 Å². The van der Waals surface area contributed by atoms with Crippen molar-refractivity contribution >= 4 is 23.6 Å². The smallest absolute Gasteiger partial charge is 0.328 e. The van der Waals surface area contributed by atoms with Gasteiger partial charge in [-0.1, -0.05) is 35.9 Å². The molecule has 1 atom stereocenters. The summed E-state index contributed by atoms with van der Waals surface area (Å²) < 4.78 is 16.3. The van der Waals surface area contributed by atoms with Gasteiger partial charge in [0.25, 0.3) is 5.91 Å². The second kappa shape index (κ2) is 12.7. The molecule has 0 spiro atoms. The molecular weight excluding hydrogens is 390 g/mol. The van der Waals surface area contributed by atoms with Crippen LogP contribution in [0.4, 0.5) is 0 Å². The Morgan fingerprint density at radius 3 is 2.34 bits per heavy atom.